The Bertz CT molecular complexity index is 439. The fraction of sp³-hybridized carbons (Fsp3) is 0.333. The summed E-state index contributed by atoms with van der Waals surface area (Å²) in [5.41, 5.74) is 0. The molecule has 0 saturated heterocycles. The number of halogens is 1. The van der Waals surface area contributed by atoms with Gasteiger partial charge in [0.15, 0.2) is 0 Å². The quantitative estimate of drug-likeness (QED) is 0.786. The van der Waals surface area contributed by atoms with Gasteiger partial charge >= 0.3 is 5.97 Å². The summed E-state index contributed by atoms with van der Waals surface area (Å²) in [5.74, 6) is -0.660. The molecule has 18 heavy (non-hydrogen) atoms. The van der Waals surface area contributed by atoms with Gasteiger partial charge in [-0.25, -0.2) is 0 Å². The minimum absolute atomic E-state index is 0.246. The lowest BCUT2D eigenvalue weighted by Crippen LogP contribution is -2.38. The zero-order valence-electron chi connectivity index (χ0n) is 9.85. The summed E-state index contributed by atoms with van der Waals surface area (Å²) in [6.07, 6.45) is 0.295. The molecule has 1 aromatic rings. The van der Waals surface area contributed by atoms with Gasteiger partial charge in [-0.2, -0.15) is 0 Å². The first-order chi connectivity index (χ1) is 8.50. The molecule has 0 heterocycles. The van der Waals surface area contributed by atoms with Gasteiger partial charge < -0.3 is 10.4 Å². The molecule has 0 aromatic heterocycles. The lowest BCUT2D eigenvalue weighted by Gasteiger charge is -2.09. The van der Waals surface area contributed by atoms with Gasteiger partial charge in [0.25, 0.3) is 0 Å². The van der Waals surface area contributed by atoms with Gasteiger partial charge in [-0.15, -0.1) is 11.8 Å². The van der Waals surface area contributed by atoms with Crippen LogP contribution >= 0.6 is 27.7 Å². The average Bonchev–Trinajstić information content (AvgIpc) is 2.31. The van der Waals surface area contributed by atoms with Crippen molar-refractivity contribution in [3.63, 3.8) is 0 Å². The van der Waals surface area contributed by atoms with Crippen molar-refractivity contribution < 1.29 is 14.7 Å². The van der Waals surface area contributed by atoms with E-state index in [2.05, 4.69) is 21.2 Å². The summed E-state index contributed by atoms with van der Waals surface area (Å²) in [6, 6.07) is 6.92. The fourth-order valence-corrected chi connectivity index (χ4v) is 2.71. The number of hydrogen-bond acceptors (Lipinski definition) is 3. The Balaban J connectivity index is 2.32. The topological polar surface area (TPSA) is 66.4 Å². The molecular weight excluding hydrogens is 318 g/mol. The summed E-state index contributed by atoms with van der Waals surface area (Å²) in [7, 11) is 0. The number of rotatable bonds is 6. The number of hydrogen-bond donors (Lipinski definition) is 2. The molecule has 1 unspecified atom stereocenters. The largest absolute Gasteiger partial charge is 0.480 e. The van der Waals surface area contributed by atoms with Crippen molar-refractivity contribution in [1.82, 2.24) is 5.32 Å². The van der Waals surface area contributed by atoms with Crippen LogP contribution in [0.5, 0.6) is 0 Å². The van der Waals surface area contributed by atoms with Gasteiger partial charge in [0.05, 0.1) is 0 Å². The van der Waals surface area contributed by atoms with Gasteiger partial charge in [0, 0.05) is 21.5 Å². The predicted octanol–water partition coefficient (Wildman–Crippen LogP) is 2.52. The van der Waals surface area contributed by atoms with Crippen molar-refractivity contribution in [2.45, 2.75) is 24.3 Å². The van der Waals surface area contributed by atoms with E-state index in [1.54, 1.807) is 11.8 Å². The van der Waals surface area contributed by atoms with Crippen molar-refractivity contribution in [3.8, 4) is 0 Å². The number of carbonyl (C=O) groups excluding carboxylic acids is 1. The summed E-state index contributed by atoms with van der Waals surface area (Å²) in [6.45, 7) is 1.45. The average molecular weight is 332 g/mol. The lowest BCUT2D eigenvalue weighted by molar-refractivity contribution is -0.141. The van der Waals surface area contributed by atoms with Crippen LogP contribution in [0.1, 0.15) is 13.3 Å². The van der Waals surface area contributed by atoms with Crippen LogP contribution in [0.25, 0.3) is 0 Å². The fourth-order valence-electron chi connectivity index (χ4n) is 1.19. The number of aliphatic carboxylic acids is 1. The smallest absolute Gasteiger partial charge is 0.325 e. The number of amides is 1. The van der Waals surface area contributed by atoms with E-state index in [4.69, 9.17) is 5.11 Å². The number of carboxylic acid groups (broad SMARTS) is 1. The first-order valence-corrected chi connectivity index (χ1v) is 7.18. The Morgan fingerprint density at radius 3 is 2.72 bits per heavy atom. The first-order valence-electron chi connectivity index (χ1n) is 5.40. The van der Waals surface area contributed by atoms with E-state index >= 15 is 0 Å². The number of carboxylic acids is 1. The normalized spacial score (nSPS) is 11.9. The Labute approximate surface area is 118 Å². The number of thioether (sulfide) groups is 1. The van der Waals surface area contributed by atoms with Crippen LogP contribution in [-0.4, -0.2) is 28.8 Å². The Hall–Kier alpha value is -1.01. The van der Waals surface area contributed by atoms with Crippen LogP contribution in [0.15, 0.2) is 33.6 Å². The van der Waals surface area contributed by atoms with Crippen LogP contribution in [0.3, 0.4) is 0 Å². The van der Waals surface area contributed by atoms with Gasteiger partial charge in [-0.3, -0.25) is 9.59 Å². The third-order valence-electron chi connectivity index (χ3n) is 2.17. The van der Waals surface area contributed by atoms with Crippen LogP contribution in [0.2, 0.25) is 0 Å². The van der Waals surface area contributed by atoms with Crippen LogP contribution in [0.4, 0.5) is 0 Å². The van der Waals surface area contributed by atoms with Gasteiger partial charge in [0.2, 0.25) is 5.91 Å². The van der Waals surface area contributed by atoms with Crippen LogP contribution < -0.4 is 5.32 Å². The maximum Gasteiger partial charge on any atom is 0.325 e. The molecule has 0 bridgehead atoms. The SMILES string of the molecule is CC(NC(=O)CCSc1ccccc1Br)C(=O)O. The molecule has 1 aromatic carbocycles. The van der Waals surface area contributed by atoms with E-state index in [0.717, 1.165) is 9.37 Å². The second-order valence-corrected chi connectivity index (χ2v) is 5.65. The maximum absolute atomic E-state index is 11.4. The van der Waals surface area contributed by atoms with Crippen molar-refractivity contribution >= 4 is 39.6 Å². The number of carbonyl (C=O) groups is 2. The van der Waals surface area contributed by atoms with Crippen molar-refractivity contribution in [2.24, 2.45) is 0 Å². The minimum Gasteiger partial charge on any atom is -0.480 e. The van der Waals surface area contributed by atoms with E-state index < -0.39 is 12.0 Å². The van der Waals surface area contributed by atoms with Gasteiger partial charge in [-0.1, -0.05) is 12.1 Å². The zero-order valence-corrected chi connectivity index (χ0v) is 12.3. The molecule has 0 aliphatic heterocycles. The molecule has 0 spiro atoms. The molecule has 98 valence electrons. The van der Waals surface area contributed by atoms with Crippen molar-refractivity contribution in [3.05, 3.63) is 28.7 Å². The highest BCUT2D eigenvalue weighted by atomic mass is 79.9. The van der Waals surface area contributed by atoms with Crippen LogP contribution in [0, 0.1) is 0 Å². The Morgan fingerprint density at radius 2 is 2.11 bits per heavy atom. The minimum atomic E-state index is -1.03. The zero-order chi connectivity index (χ0) is 13.5. The van der Waals surface area contributed by atoms with E-state index in [0.29, 0.717) is 12.2 Å². The first kappa shape index (κ1) is 15.0. The molecule has 0 aliphatic carbocycles. The van der Waals surface area contributed by atoms with E-state index in [9.17, 15) is 9.59 Å². The molecule has 1 amide bonds. The second-order valence-electron chi connectivity index (χ2n) is 3.66. The summed E-state index contributed by atoms with van der Waals surface area (Å²) < 4.78 is 0.995. The highest BCUT2D eigenvalue weighted by Crippen LogP contribution is 2.27. The monoisotopic (exact) mass is 331 g/mol. The number of nitrogens with one attached hydrogen (secondary N) is 1. The van der Waals surface area contributed by atoms with E-state index in [1.165, 1.54) is 6.92 Å². The predicted molar refractivity (Wildman–Crippen MR) is 74.7 cm³/mol. The third kappa shape index (κ3) is 5.10. The molecule has 1 atom stereocenters. The summed E-state index contributed by atoms with van der Waals surface area (Å²) in [4.78, 5) is 23.0. The standard InChI is InChI=1S/C12H14BrNO3S/c1-8(12(16)17)14-11(15)6-7-18-10-5-3-2-4-9(10)13/h2-5,8H,6-7H2,1H3,(H,14,15)(H,16,17). The molecule has 2 N–H and O–H groups in total. The summed E-state index contributed by atoms with van der Waals surface area (Å²) in [5, 5.41) is 11.1. The van der Waals surface area contributed by atoms with E-state index in [-0.39, 0.29) is 5.91 Å². The maximum atomic E-state index is 11.4. The molecule has 0 aliphatic rings. The van der Waals surface area contributed by atoms with Crippen molar-refractivity contribution in [2.75, 3.05) is 5.75 Å². The molecule has 0 radical (unpaired) electrons. The third-order valence-corrected chi connectivity index (χ3v) is 4.20. The van der Waals surface area contributed by atoms with Crippen LogP contribution in [-0.2, 0) is 9.59 Å². The highest BCUT2D eigenvalue weighted by molar-refractivity contribution is 9.10. The Morgan fingerprint density at radius 1 is 1.44 bits per heavy atom. The highest BCUT2D eigenvalue weighted by Gasteiger charge is 2.13. The molecule has 0 fully saturated rings. The van der Waals surface area contributed by atoms with E-state index in [1.807, 2.05) is 24.3 Å². The molecular formula is C12H14BrNO3S. The molecule has 1 rings (SSSR count). The van der Waals surface area contributed by atoms with Gasteiger partial charge in [-0.05, 0) is 35.0 Å². The summed E-state index contributed by atoms with van der Waals surface area (Å²) >= 11 is 4.98. The molecule has 4 nitrogen and oxygen atoms in total. The molecule has 0 saturated carbocycles. The molecule has 6 heteroatoms. The lowest BCUT2D eigenvalue weighted by atomic mass is 10.3. The second kappa shape index (κ2) is 7.43. The van der Waals surface area contributed by atoms with Crippen molar-refractivity contribution in [1.29, 1.82) is 0 Å². The Kier molecular flexibility index (Phi) is 6.21. The number of benzene rings is 1. The van der Waals surface area contributed by atoms with Gasteiger partial charge in [0.1, 0.15) is 6.04 Å².